The van der Waals surface area contributed by atoms with Crippen LogP contribution in [0.2, 0.25) is 0 Å². The molecule has 0 aromatic rings. The quantitative estimate of drug-likeness (QED) is 0.0322. The second-order valence-electron chi connectivity index (χ2n) is 17.8. The molecule has 0 aliphatic heterocycles. The molecule has 0 aromatic heterocycles. The van der Waals surface area contributed by atoms with Crippen molar-refractivity contribution in [1.82, 2.24) is 5.32 Å². The van der Waals surface area contributed by atoms with E-state index in [2.05, 4.69) is 61.7 Å². The molecule has 0 radical (unpaired) electrons. The zero-order chi connectivity index (χ0) is 45.1. The Labute approximate surface area is 384 Å². The lowest BCUT2D eigenvalue weighted by atomic mass is 10.0. The highest BCUT2D eigenvalue weighted by molar-refractivity contribution is 5.76. The van der Waals surface area contributed by atoms with Crippen molar-refractivity contribution in [2.45, 2.75) is 270 Å². The first-order valence-electron chi connectivity index (χ1n) is 26.6. The van der Waals surface area contributed by atoms with Gasteiger partial charge in [0, 0.05) is 12.8 Å². The summed E-state index contributed by atoms with van der Waals surface area (Å²) in [7, 11) is 0. The van der Waals surface area contributed by atoms with Crippen molar-refractivity contribution >= 4 is 11.9 Å². The number of unbranched alkanes of at least 4 members (excludes halogenated alkanes) is 29. The Morgan fingerprint density at radius 1 is 0.452 bits per heavy atom. The molecule has 0 fully saturated rings. The summed E-state index contributed by atoms with van der Waals surface area (Å²) in [5.74, 6) is -0.184. The number of carbonyl (C=O) groups excluding carboxylic acids is 2. The number of hydrogen-bond acceptors (Lipinski definition) is 5. The molecule has 3 N–H and O–H groups in total. The first-order valence-corrected chi connectivity index (χ1v) is 26.6. The molecule has 6 heteroatoms. The molecule has 0 saturated heterocycles. The molecule has 0 spiro atoms. The molecule has 2 atom stereocenters. The second kappa shape index (κ2) is 51.2. The Balaban J connectivity index is 3.61. The number of rotatable bonds is 48. The molecule has 0 aliphatic rings. The first-order chi connectivity index (χ1) is 30.5. The largest absolute Gasteiger partial charge is 0.466 e. The van der Waals surface area contributed by atoms with Crippen molar-refractivity contribution in [3.8, 4) is 0 Å². The van der Waals surface area contributed by atoms with Gasteiger partial charge < -0.3 is 20.3 Å². The maximum absolute atomic E-state index is 12.4. The monoisotopic (exact) mass is 868 g/mol. The fraction of sp³-hybridized carbons (Fsp3) is 0.786. The predicted molar refractivity (Wildman–Crippen MR) is 268 cm³/mol. The van der Waals surface area contributed by atoms with Gasteiger partial charge in [0.15, 0.2) is 0 Å². The van der Waals surface area contributed by atoms with E-state index in [1.807, 2.05) is 12.2 Å². The van der Waals surface area contributed by atoms with E-state index in [1.165, 1.54) is 161 Å². The van der Waals surface area contributed by atoms with Crippen LogP contribution in [0.1, 0.15) is 258 Å². The van der Waals surface area contributed by atoms with Crippen LogP contribution >= 0.6 is 0 Å². The van der Waals surface area contributed by atoms with Gasteiger partial charge in [0.05, 0.1) is 25.4 Å². The van der Waals surface area contributed by atoms with Crippen molar-refractivity contribution in [3.05, 3.63) is 60.8 Å². The molecule has 360 valence electrons. The zero-order valence-corrected chi connectivity index (χ0v) is 40.8. The van der Waals surface area contributed by atoms with Gasteiger partial charge in [-0.25, -0.2) is 0 Å². The summed E-state index contributed by atoms with van der Waals surface area (Å²) in [6.45, 7) is 4.76. The zero-order valence-electron chi connectivity index (χ0n) is 40.8. The van der Waals surface area contributed by atoms with Crippen molar-refractivity contribution < 1.29 is 24.5 Å². The molecule has 0 bridgehead atoms. The number of aliphatic hydroxyl groups is 2. The van der Waals surface area contributed by atoms with Crippen molar-refractivity contribution in [3.63, 3.8) is 0 Å². The van der Waals surface area contributed by atoms with Crippen LogP contribution in [0.3, 0.4) is 0 Å². The number of aliphatic hydroxyl groups excluding tert-OH is 2. The van der Waals surface area contributed by atoms with E-state index in [1.54, 1.807) is 6.08 Å². The number of nitrogens with one attached hydrogen (secondary N) is 1. The number of allylic oxidation sites excluding steroid dienone is 9. The van der Waals surface area contributed by atoms with E-state index in [0.717, 1.165) is 64.2 Å². The van der Waals surface area contributed by atoms with Crippen LogP contribution in [-0.2, 0) is 14.3 Å². The van der Waals surface area contributed by atoms with E-state index in [0.29, 0.717) is 25.9 Å². The van der Waals surface area contributed by atoms with Gasteiger partial charge in [-0.1, -0.05) is 229 Å². The van der Waals surface area contributed by atoms with Gasteiger partial charge in [0.1, 0.15) is 0 Å². The van der Waals surface area contributed by atoms with Crippen LogP contribution in [0.25, 0.3) is 0 Å². The maximum Gasteiger partial charge on any atom is 0.305 e. The lowest BCUT2D eigenvalue weighted by Gasteiger charge is -2.19. The number of esters is 1. The van der Waals surface area contributed by atoms with Gasteiger partial charge in [-0.15, -0.1) is 0 Å². The summed E-state index contributed by atoms with van der Waals surface area (Å²) in [6.07, 6.45) is 65.2. The van der Waals surface area contributed by atoms with Crippen molar-refractivity contribution in [1.29, 1.82) is 0 Å². The Bertz CT molecular complexity index is 1090. The van der Waals surface area contributed by atoms with Gasteiger partial charge in [0.25, 0.3) is 0 Å². The van der Waals surface area contributed by atoms with E-state index in [4.69, 9.17) is 4.74 Å². The summed E-state index contributed by atoms with van der Waals surface area (Å²) >= 11 is 0. The van der Waals surface area contributed by atoms with E-state index in [-0.39, 0.29) is 18.5 Å². The summed E-state index contributed by atoms with van der Waals surface area (Å²) in [5.41, 5.74) is 0. The lowest BCUT2D eigenvalue weighted by Crippen LogP contribution is -2.45. The Morgan fingerprint density at radius 2 is 0.855 bits per heavy atom. The maximum atomic E-state index is 12.4. The average Bonchev–Trinajstić information content (AvgIpc) is 3.27. The van der Waals surface area contributed by atoms with Crippen molar-refractivity contribution in [2.24, 2.45) is 0 Å². The minimum Gasteiger partial charge on any atom is -0.466 e. The summed E-state index contributed by atoms with van der Waals surface area (Å²) < 4.78 is 5.43. The van der Waals surface area contributed by atoms with Gasteiger partial charge in [-0.3, -0.25) is 9.59 Å². The molecule has 6 nitrogen and oxygen atoms in total. The third-order valence-corrected chi connectivity index (χ3v) is 11.7. The molecular formula is C56H101NO5. The summed E-state index contributed by atoms with van der Waals surface area (Å²) in [5, 5.41) is 23.0. The standard InChI is InChI=1S/C56H101NO5/c1-3-5-7-9-11-13-15-17-18-19-20-21-22-25-28-32-36-40-44-48-54(59)53(52-58)57-55(60)49-45-41-37-33-29-26-23-27-31-35-39-43-47-51-62-56(61)50-46-42-38-34-30-24-16-14-12-10-8-6-4-2/h8,10,14,16,26,29,37,41,44,48,53-54,58-59H,3-7,9,11-13,15,17-25,27-28,30-36,38-40,42-43,45-47,49-52H2,1-2H3,(H,57,60)/b10-8-,16-14-,29-26-,41-37-,48-44+. The Kier molecular flexibility index (Phi) is 49.2. The van der Waals surface area contributed by atoms with E-state index >= 15 is 0 Å². The molecule has 1 amide bonds. The predicted octanol–water partition coefficient (Wildman–Crippen LogP) is 16.0. The van der Waals surface area contributed by atoms with Gasteiger partial charge in [-0.2, -0.15) is 0 Å². The number of amides is 1. The molecule has 0 heterocycles. The Morgan fingerprint density at radius 3 is 1.32 bits per heavy atom. The number of hydrogen-bond donors (Lipinski definition) is 3. The van der Waals surface area contributed by atoms with Crippen molar-refractivity contribution in [2.75, 3.05) is 13.2 Å². The third kappa shape index (κ3) is 47.0. The van der Waals surface area contributed by atoms with Crippen LogP contribution in [0.5, 0.6) is 0 Å². The van der Waals surface area contributed by atoms with Crippen LogP contribution in [0.15, 0.2) is 60.8 Å². The molecule has 0 aromatic carbocycles. The minimum absolute atomic E-state index is 0.0347. The fourth-order valence-electron chi connectivity index (χ4n) is 7.66. The number of carbonyl (C=O) groups is 2. The van der Waals surface area contributed by atoms with Gasteiger partial charge in [0.2, 0.25) is 5.91 Å². The molecular weight excluding hydrogens is 767 g/mol. The molecule has 0 aliphatic carbocycles. The fourth-order valence-corrected chi connectivity index (χ4v) is 7.66. The molecule has 0 saturated carbocycles. The first kappa shape index (κ1) is 59.6. The smallest absolute Gasteiger partial charge is 0.305 e. The number of ether oxygens (including phenoxy) is 1. The molecule has 0 rings (SSSR count). The summed E-state index contributed by atoms with van der Waals surface area (Å²) in [4.78, 5) is 24.4. The minimum atomic E-state index is -0.881. The average molecular weight is 868 g/mol. The van der Waals surface area contributed by atoms with E-state index < -0.39 is 12.1 Å². The van der Waals surface area contributed by atoms with Crippen LogP contribution < -0.4 is 5.32 Å². The topological polar surface area (TPSA) is 95.9 Å². The van der Waals surface area contributed by atoms with E-state index in [9.17, 15) is 19.8 Å². The lowest BCUT2D eigenvalue weighted by molar-refractivity contribution is -0.143. The molecule has 62 heavy (non-hydrogen) atoms. The second-order valence-corrected chi connectivity index (χ2v) is 17.8. The van der Waals surface area contributed by atoms with Crippen LogP contribution in [0, 0.1) is 0 Å². The van der Waals surface area contributed by atoms with Gasteiger partial charge >= 0.3 is 5.97 Å². The van der Waals surface area contributed by atoms with Crippen LogP contribution in [-0.4, -0.2) is 47.4 Å². The van der Waals surface area contributed by atoms with Gasteiger partial charge in [-0.05, 0) is 77.0 Å². The van der Waals surface area contributed by atoms with Crippen LogP contribution in [0.4, 0.5) is 0 Å². The molecule has 2 unspecified atom stereocenters. The summed E-state index contributed by atoms with van der Waals surface area (Å²) in [6, 6.07) is -0.674. The highest BCUT2D eigenvalue weighted by Gasteiger charge is 2.17. The normalized spacial score (nSPS) is 13.2. The third-order valence-electron chi connectivity index (χ3n) is 11.7. The highest BCUT2D eigenvalue weighted by Crippen LogP contribution is 2.15. The highest BCUT2D eigenvalue weighted by atomic mass is 16.5. The Hall–Kier alpha value is -2.44. The SMILES string of the molecule is CCC/C=C\C/C=C\CCCCCCCC(=O)OCCCCCCCC/C=C\C/C=C\CCC(=O)NC(CO)C(O)/C=C/CCCCCCCCCCCCCCCCCCC.